The molecule has 2 amide bonds. The minimum Gasteiger partial charge on any atom is -0.486 e. The molecule has 1 spiro atoms. The number of methoxy groups -OCH3 is 1. The van der Waals surface area contributed by atoms with E-state index in [1.807, 2.05) is 28.0 Å². The third kappa shape index (κ3) is 5.38. The molecule has 1 aromatic heterocycles. The zero-order valence-corrected chi connectivity index (χ0v) is 21.4. The third-order valence-corrected chi connectivity index (χ3v) is 7.79. The Morgan fingerprint density at radius 2 is 1.75 bits per heavy atom. The summed E-state index contributed by atoms with van der Waals surface area (Å²) in [6.07, 6.45) is 4.98. The number of carbonyl (C=O) groups excluding carboxylic acids is 2. The Hall–Kier alpha value is -3.00. The van der Waals surface area contributed by atoms with Gasteiger partial charge in [-0.3, -0.25) is 9.59 Å². The maximum Gasteiger partial charge on any atom is 0.254 e. The molecule has 0 unspecified atom stereocenters. The van der Waals surface area contributed by atoms with Crippen LogP contribution in [0.4, 0.5) is 0 Å². The highest BCUT2D eigenvalue weighted by molar-refractivity contribution is 6.29. The molecule has 0 saturated carbocycles. The number of aromatic nitrogens is 1. The molecule has 3 aliphatic heterocycles. The highest BCUT2D eigenvalue weighted by atomic mass is 35.5. The van der Waals surface area contributed by atoms with Gasteiger partial charge in [0.05, 0.1) is 7.11 Å². The summed E-state index contributed by atoms with van der Waals surface area (Å²) in [5, 5.41) is 0.241. The zero-order chi connectivity index (χ0) is 25.1. The largest absolute Gasteiger partial charge is 0.486 e. The number of aryl methyl sites for hydroxylation is 1. The van der Waals surface area contributed by atoms with Crippen molar-refractivity contribution in [2.45, 2.75) is 38.5 Å². The molecule has 1 aromatic carbocycles. The van der Waals surface area contributed by atoms with Crippen molar-refractivity contribution >= 4 is 23.4 Å². The number of benzene rings is 1. The standard InChI is InChI=1S/C27H32ClN3O5/c1-34-24-17-20(16-23(28)29-24)26(33)30-10-7-27(8-11-30)9-12-31(18-27)25(32)4-2-3-19-5-6-21-22(15-19)36-14-13-35-21/h5-6,15-17H,2-4,7-14,18H2,1H3. The second-order valence-electron chi connectivity index (χ2n) is 9.91. The van der Waals surface area contributed by atoms with Crippen LogP contribution in [0.15, 0.2) is 30.3 Å². The zero-order valence-electron chi connectivity index (χ0n) is 20.6. The average Bonchev–Trinajstić information content (AvgIpc) is 3.31. The summed E-state index contributed by atoms with van der Waals surface area (Å²) in [5.41, 5.74) is 1.76. The Kier molecular flexibility index (Phi) is 7.23. The summed E-state index contributed by atoms with van der Waals surface area (Å²) >= 11 is 6.05. The average molecular weight is 514 g/mol. The number of hydrogen-bond acceptors (Lipinski definition) is 6. The van der Waals surface area contributed by atoms with Crippen molar-refractivity contribution in [3.63, 3.8) is 0 Å². The first kappa shape index (κ1) is 24.7. The maximum absolute atomic E-state index is 13.0. The number of rotatable bonds is 6. The van der Waals surface area contributed by atoms with E-state index in [4.69, 9.17) is 25.8 Å². The van der Waals surface area contributed by atoms with E-state index in [0.717, 1.165) is 62.3 Å². The lowest BCUT2D eigenvalue weighted by Gasteiger charge is -2.39. The Bertz CT molecular complexity index is 1130. The summed E-state index contributed by atoms with van der Waals surface area (Å²) in [5.74, 6) is 2.08. The van der Waals surface area contributed by atoms with Gasteiger partial charge in [-0.25, -0.2) is 4.98 Å². The summed E-state index contributed by atoms with van der Waals surface area (Å²) in [6.45, 7) is 4.09. The molecular formula is C27H32ClN3O5. The van der Waals surface area contributed by atoms with Crippen LogP contribution in [-0.4, -0.2) is 73.1 Å². The van der Waals surface area contributed by atoms with Crippen LogP contribution in [0.5, 0.6) is 17.4 Å². The molecule has 8 nitrogen and oxygen atoms in total. The fourth-order valence-corrected chi connectivity index (χ4v) is 5.67. The summed E-state index contributed by atoms with van der Waals surface area (Å²) in [6, 6.07) is 9.23. The molecule has 36 heavy (non-hydrogen) atoms. The van der Waals surface area contributed by atoms with E-state index in [1.54, 1.807) is 12.1 Å². The number of fused-ring (bicyclic) bond motifs is 1. The van der Waals surface area contributed by atoms with Crippen molar-refractivity contribution in [2.75, 3.05) is 46.5 Å². The minimum absolute atomic E-state index is 0.0579. The molecule has 0 radical (unpaired) electrons. The molecule has 0 atom stereocenters. The van der Waals surface area contributed by atoms with Gasteiger partial charge in [0.1, 0.15) is 18.4 Å². The molecular weight excluding hydrogens is 482 g/mol. The van der Waals surface area contributed by atoms with Crippen LogP contribution in [0.1, 0.15) is 48.0 Å². The lowest BCUT2D eigenvalue weighted by Crippen LogP contribution is -2.44. The van der Waals surface area contributed by atoms with Gasteiger partial charge in [0, 0.05) is 44.2 Å². The van der Waals surface area contributed by atoms with Crippen molar-refractivity contribution in [3.8, 4) is 17.4 Å². The van der Waals surface area contributed by atoms with E-state index < -0.39 is 0 Å². The van der Waals surface area contributed by atoms with Crippen LogP contribution < -0.4 is 14.2 Å². The van der Waals surface area contributed by atoms with Crippen molar-refractivity contribution < 1.29 is 23.8 Å². The number of pyridine rings is 1. The summed E-state index contributed by atoms with van der Waals surface area (Å²) in [4.78, 5) is 33.9. The van der Waals surface area contributed by atoms with Gasteiger partial charge >= 0.3 is 0 Å². The third-order valence-electron chi connectivity index (χ3n) is 7.59. The molecule has 2 aromatic rings. The number of halogens is 1. The molecule has 0 bridgehead atoms. The summed E-state index contributed by atoms with van der Waals surface area (Å²) in [7, 11) is 1.50. The number of likely N-dealkylation sites (tertiary alicyclic amines) is 2. The predicted octanol–water partition coefficient (Wildman–Crippen LogP) is 3.99. The molecule has 4 heterocycles. The van der Waals surface area contributed by atoms with Crippen molar-refractivity contribution in [1.29, 1.82) is 0 Å². The van der Waals surface area contributed by atoms with Crippen molar-refractivity contribution in [2.24, 2.45) is 5.41 Å². The maximum atomic E-state index is 13.0. The molecule has 2 saturated heterocycles. The van der Waals surface area contributed by atoms with Crippen LogP contribution in [0.25, 0.3) is 0 Å². The van der Waals surface area contributed by atoms with Gasteiger partial charge in [0.25, 0.3) is 5.91 Å². The highest BCUT2D eigenvalue weighted by Crippen LogP contribution is 2.41. The Morgan fingerprint density at radius 3 is 2.50 bits per heavy atom. The van der Waals surface area contributed by atoms with Crippen molar-refractivity contribution in [3.05, 3.63) is 46.6 Å². The van der Waals surface area contributed by atoms with E-state index in [1.165, 1.54) is 7.11 Å². The van der Waals surface area contributed by atoms with Crippen LogP contribution in [0, 0.1) is 5.41 Å². The van der Waals surface area contributed by atoms with E-state index in [0.29, 0.717) is 44.2 Å². The minimum atomic E-state index is -0.0579. The SMILES string of the molecule is COc1cc(C(=O)N2CCC3(CCN(C(=O)CCCc4ccc5c(c4)OCCO5)C3)CC2)cc(Cl)n1. The first-order chi connectivity index (χ1) is 17.4. The Labute approximate surface area is 216 Å². The number of carbonyl (C=O) groups is 2. The number of nitrogens with zero attached hydrogens (tertiary/aromatic N) is 3. The first-order valence-corrected chi connectivity index (χ1v) is 13.0. The van der Waals surface area contributed by atoms with Gasteiger partial charge < -0.3 is 24.0 Å². The molecule has 3 aliphatic rings. The molecule has 9 heteroatoms. The normalized spacial score (nSPS) is 18.4. The molecule has 2 fully saturated rings. The number of piperidine rings is 1. The van der Waals surface area contributed by atoms with E-state index >= 15 is 0 Å². The summed E-state index contributed by atoms with van der Waals surface area (Å²) < 4.78 is 16.4. The van der Waals surface area contributed by atoms with Crippen LogP contribution in [-0.2, 0) is 11.2 Å². The lowest BCUT2D eigenvalue weighted by atomic mass is 9.77. The molecule has 0 aliphatic carbocycles. The van der Waals surface area contributed by atoms with E-state index in [-0.39, 0.29) is 22.4 Å². The smallest absolute Gasteiger partial charge is 0.254 e. The fraction of sp³-hybridized carbons (Fsp3) is 0.519. The van der Waals surface area contributed by atoms with Gasteiger partial charge in [0.2, 0.25) is 11.8 Å². The number of amides is 2. The molecule has 192 valence electrons. The van der Waals surface area contributed by atoms with Gasteiger partial charge in [0.15, 0.2) is 11.5 Å². The highest BCUT2D eigenvalue weighted by Gasteiger charge is 2.42. The second-order valence-corrected chi connectivity index (χ2v) is 10.3. The Balaban J connectivity index is 1.09. The van der Waals surface area contributed by atoms with Crippen LogP contribution in [0.3, 0.4) is 0 Å². The second kappa shape index (κ2) is 10.5. The van der Waals surface area contributed by atoms with Crippen LogP contribution >= 0.6 is 11.6 Å². The lowest BCUT2D eigenvalue weighted by molar-refractivity contribution is -0.130. The first-order valence-electron chi connectivity index (χ1n) is 12.6. The monoisotopic (exact) mass is 513 g/mol. The van der Waals surface area contributed by atoms with Crippen molar-refractivity contribution in [1.82, 2.24) is 14.8 Å². The van der Waals surface area contributed by atoms with Gasteiger partial charge in [-0.05, 0) is 61.3 Å². The van der Waals surface area contributed by atoms with Gasteiger partial charge in [-0.15, -0.1) is 0 Å². The fourth-order valence-electron chi connectivity index (χ4n) is 5.47. The molecule has 0 N–H and O–H groups in total. The topological polar surface area (TPSA) is 81.2 Å². The van der Waals surface area contributed by atoms with E-state index in [2.05, 4.69) is 4.98 Å². The predicted molar refractivity (Wildman–Crippen MR) is 135 cm³/mol. The van der Waals surface area contributed by atoms with E-state index in [9.17, 15) is 9.59 Å². The Morgan fingerprint density at radius 1 is 1.03 bits per heavy atom. The van der Waals surface area contributed by atoms with Gasteiger partial charge in [-0.1, -0.05) is 17.7 Å². The van der Waals surface area contributed by atoms with Crippen LogP contribution in [0.2, 0.25) is 5.15 Å². The molecule has 5 rings (SSSR count). The number of hydrogen-bond donors (Lipinski definition) is 0. The quantitative estimate of drug-likeness (QED) is 0.543. The van der Waals surface area contributed by atoms with Gasteiger partial charge in [-0.2, -0.15) is 0 Å². The number of ether oxygens (including phenoxy) is 3.